The van der Waals surface area contributed by atoms with Gasteiger partial charge < -0.3 is 0 Å². The summed E-state index contributed by atoms with van der Waals surface area (Å²) in [7, 11) is 0. The lowest BCUT2D eigenvalue weighted by molar-refractivity contribution is 0.0982. The molecule has 3 rings (SSSR count). The molecule has 0 spiro atoms. The zero-order valence-electron chi connectivity index (χ0n) is 12.1. The van der Waals surface area contributed by atoms with E-state index in [1.807, 2.05) is 42.8 Å². The molecule has 0 fully saturated rings. The third kappa shape index (κ3) is 2.54. The van der Waals surface area contributed by atoms with Crippen LogP contribution in [0.15, 0.2) is 36.7 Å². The molecule has 0 amide bonds. The SMILES string of the molecule is CCn1nc(CC(=O)c2ncc(C)cn2)c2ccccc21. The number of rotatable bonds is 4. The highest BCUT2D eigenvalue weighted by Gasteiger charge is 2.16. The van der Waals surface area contributed by atoms with E-state index in [-0.39, 0.29) is 18.0 Å². The number of para-hydroxylation sites is 1. The second-order valence-electron chi connectivity index (χ2n) is 4.96. The molecule has 0 radical (unpaired) electrons. The van der Waals surface area contributed by atoms with Crippen LogP contribution in [0, 0.1) is 6.92 Å². The number of carbonyl (C=O) groups is 1. The van der Waals surface area contributed by atoms with E-state index in [9.17, 15) is 4.79 Å². The molecule has 0 saturated heterocycles. The van der Waals surface area contributed by atoms with Gasteiger partial charge in [0.1, 0.15) is 0 Å². The summed E-state index contributed by atoms with van der Waals surface area (Å²) in [4.78, 5) is 20.5. The Labute approximate surface area is 122 Å². The summed E-state index contributed by atoms with van der Waals surface area (Å²) in [6.45, 7) is 4.70. The van der Waals surface area contributed by atoms with Gasteiger partial charge in [0, 0.05) is 24.3 Å². The lowest BCUT2D eigenvalue weighted by Crippen LogP contribution is -2.09. The molecule has 21 heavy (non-hydrogen) atoms. The molecule has 106 valence electrons. The fourth-order valence-corrected chi connectivity index (χ4v) is 2.34. The van der Waals surface area contributed by atoms with Crippen LogP contribution in [-0.2, 0) is 13.0 Å². The number of carbonyl (C=O) groups excluding carboxylic acids is 1. The van der Waals surface area contributed by atoms with Crippen molar-refractivity contribution >= 4 is 16.7 Å². The monoisotopic (exact) mass is 280 g/mol. The predicted molar refractivity (Wildman–Crippen MR) is 80.2 cm³/mol. The van der Waals surface area contributed by atoms with Gasteiger partial charge in [-0.25, -0.2) is 9.97 Å². The quantitative estimate of drug-likeness (QED) is 0.689. The van der Waals surface area contributed by atoms with Crippen LogP contribution in [-0.4, -0.2) is 25.5 Å². The molecule has 0 aliphatic rings. The van der Waals surface area contributed by atoms with E-state index in [0.29, 0.717) is 0 Å². The Morgan fingerprint density at radius 2 is 1.90 bits per heavy atom. The third-order valence-electron chi connectivity index (χ3n) is 3.39. The van der Waals surface area contributed by atoms with Crippen molar-refractivity contribution in [1.82, 2.24) is 19.7 Å². The molecule has 5 heteroatoms. The Bertz CT molecular complexity index is 790. The zero-order valence-corrected chi connectivity index (χ0v) is 12.1. The van der Waals surface area contributed by atoms with Crippen molar-refractivity contribution in [1.29, 1.82) is 0 Å². The summed E-state index contributed by atoms with van der Waals surface area (Å²) in [5, 5.41) is 5.54. The fraction of sp³-hybridized carbons (Fsp3) is 0.250. The van der Waals surface area contributed by atoms with Crippen molar-refractivity contribution in [2.45, 2.75) is 26.8 Å². The van der Waals surface area contributed by atoms with Gasteiger partial charge in [-0.05, 0) is 25.5 Å². The van der Waals surface area contributed by atoms with Crippen LogP contribution < -0.4 is 0 Å². The van der Waals surface area contributed by atoms with Crippen LogP contribution in [0.1, 0.15) is 28.8 Å². The summed E-state index contributed by atoms with van der Waals surface area (Å²) < 4.78 is 1.91. The Morgan fingerprint density at radius 3 is 2.62 bits per heavy atom. The molecule has 0 unspecified atom stereocenters. The minimum Gasteiger partial charge on any atom is -0.290 e. The van der Waals surface area contributed by atoms with E-state index in [2.05, 4.69) is 15.1 Å². The molecule has 0 atom stereocenters. The summed E-state index contributed by atoms with van der Waals surface area (Å²) in [6, 6.07) is 7.94. The van der Waals surface area contributed by atoms with Gasteiger partial charge in [0.15, 0.2) is 5.82 Å². The maximum Gasteiger partial charge on any atom is 0.206 e. The van der Waals surface area contributed by atoms with E-state index in [4.69, 9.17) is 0 Å². The number of aromatic nitrogens is 4. The van der Waals surface area contributed by atoms with Gasteiger partial charge in [-0.15, -0.1) is 0 Å². The number of ketones is 1. The molecule has 2 heterocycles. The predicted octanol–water partition coefficient (Wildman–Crippen LogP) is 2.58. The van der Waals surface area contributed by atoms with Crippen molar-refractivity contribution in [3.63, 3.8) is 0 Å². The number of hydrogen-bond donors (Lipinski definition) is 0. The van der Waals surface area contributed by atoms with Crippen molar-refractivity contribution in [2.75, 3.05) is 0 Å². The molecule has 0 aliphatic heterocycles. The highest BCUT2D eigenvalue weighted by molar-refractivity contribution is 5.96. The standard InChI is InChI=1S/C16H16N4O/c1-3-20-14-7-5-4-6-12(14)13(19-20)8-15(21)16-17-9-11(2)10-18-16/h4-7,9-10H,3,8H2,1-2H3. The molecule has 0 aliphatic carbocycles. The van der Waals surface area contributed by atoms with Gasteiger partial charge in [0.25, 0.3) is 0 Å². The number of aryl methyl sites for hydroxylation is 2. The van der Waals surface area contributed by atoms with Crippen LogP contribution in [0.2, 0.25) is 0 Å². The van der Waals surface area contributed by atoms with E-state index in [1.54, 1.807) is 12.4 Å². The van der Waals surface area contributed by atoms with Gasteiger partial charge in [-0.1, -0.05) is 18.2 Å². The largest absolute Gasteiger partial charge is 0.290 e. The van der Waals surface area contributed by atoms with Gasteiger partial charge in [0.05, 0.1) is 17.6 Å². The zero-order chi connectivity index (χ0) is 14.8. The highest BCUT2D eigenvalue weighted by atomic mass is 16.1. The number of fused-ring (bicyclic) bond motifs is 1. The number of hydrogen-bond acceptors (Lipinski definition) is 4. The van der Waals surface area contributed by atoms with Gasteiger partial charge >= 0.3 is 0 Å². The van der Waals surface area contributed by atoms with Gasteiger partial charge in [-0.2, -0.15) is 5.10 Å². The molecule has 2 aromatic heterocycles. The lowest BCUT2D eigenvalue weighted by atomic mass is 10.1. The van der Waals surface area contributed by atoms with E-state index < -0.39 is 0 Å². The first kappa shape index (κ1) is 13.4. The van der Waals surface area contributed by atoms with E-state index in [0.717, 1.165) is 28.7 Å². The Hall–Kier alpha value is -2.56. The second-order valence-corrected chi connectivity index (χ2v) is 4.96. The third-order valence-corrected chi connectivity index (χ3v) is 3.39. The van der Waals surface area contributed by atoms with Crippen molar-refractivity contribution in [3.8, 4) is 0 Å². The lowest BCUT2D eigenvalue weighted by Gasteiger charge is -1.98. The van der Waals surface area contributed by atoms with Crippen molar-refractivity contribution < 1.29 is 4.79 Å². The summed E-state index contributed by atoms with van der Waals surface area (Å²) >= 11 is 0. The number of benzene rings is 1. The highest BCUT2D eigenvalue weighted by Crippen LogP contribution is 2.19. The molecule has 0 bridgehead atoms. The molecule has 0 saturated carbocycles. The van der Waals surface area contributed by atoms with E-state index in [1.165, 1.54) is 0 Å². The number of Topliss-reactive ketones (excluding diaryl/α,β-unsaturated/α-hetero) is 1. The second kappa shape index (κ2) is 5.44. The van der Waals surface area contributed by atoms with Crippen LogP contribution in [0.4, 0.5) is 0 Å². The minimum absolute atomic E-state index is 0.110. The van der Waals surface area contributed by atoms with Crippen molar-refractivity contribution in [3.05, 3.63) is 53.7 Å². The minimum atomic E-state index is -0.110. The average molecular weight is 280 g/mol. The Kier molecular flexibility index (Phi) is 3.48. The van der Waals surface area contributed by atoms with Crippen LogP contribution in [0.3, 0.4) is 0 Å². The smallest absolute Gasteiger partial charge is 0.206 e. The topological polar surface area (TPSA) is 60.7 Å². The first-order valence-corrected chi connectivity index (χ1v) is 6.95. The van der Waals surface area contributed by atoms with Crippen LogP contribution in [0.5, 0.6) is 0 Å². The first-order valence-electron chi connectivity index (χ1n) is 6.95. The molecular weight excluding hydrogens is 264 g/mol. The Morgan fingerprint density at radius 1 is 1.19 bits per heavy atom. The maximum absolute atomic E-state index is 12.3. The van der Waals surface area contributed by atoms with Gasteiger partial charge in [0.2, 0.25) is 5.78 Å². The van der Waals surface area contributed by atoms with Gasteiger partial charge in [-0.3, -0.25) is 9.48 Å². The average Bonchev–Trinajstić information content (AvgIpc) is 2.86. The molecule has 0 N–H and O–H groups in total. The molecule has 1 aromatic carbocycles. The molecule has 3 aromatic rings. The summed E-state index contributed by atoms with van der Waals surface area (Å²) in [6.07, 6.45) is 3.53. The van der Waals surface area contributed by atoms with E-state index >= 15 is 0 Å². The molecular formula is C16H16N4O. The maximum atomic E-state index is 12.3. The van der Waals surface area contributed by atoms with Crippen molar-refractivity contribution in [2.24, 2.45) is 0 Å². The summed E-state index contributed by atoms with van der Waals surface area (Å²) in [5.74, 6) is 0.136. The normalized spacial score (nSPS) is 11.0. The van der Waals surface area contributed by atoms with Crippen LogP contribution >= 0.6 is 0 Å². The Balaban J connectivity index is 1.94. The first-order chi connectivity index (χ1) is 10.2. The molecule has 5 nitrogen and oxygen atoms in total. The fourth-order valence-electron chi connectivity index (χ4n) is 2.34. The summed E-state index contributed by atoms with van der Waals surface area (Å²) in [5.41, 5.74) is 2.77. The van der Waals surface area contributed by atoms with Crippen LogP contribution in [0.25, 0.3) is 10.9 Å². The number of nitrogens with zero attached hydrogens (tertiary/aromatic N) is 4.